The van der Waals surface area contributed by atoms with E-state index >= 15 is 0 Å². The van der Waals surface area contributed by atoms with Crippen LogP contribution in [0, 0.1) is 17.1 Å². The van der Waals surface area contributed by atoms with Crippen molar-refractivity contribution < 1.29 is 9.13 Å². The van der Waals surface area contributed by atoms with Crippen LogP contribution >= 0.6 is 0 Å². The number of ether oxygens (including phenoxy) is 1. The average Bonchev–Trinajstić information content (AvgIpc) is 3.23. The molecule has 0 amide bonds. The number of benzene rings is 2. The fourth-order valence-electron chi connectivity index (χ4n) is 4.48. The number of methoxy groups -OCH3 is 1. The van der Waals surface area contributed by atoms with Crippen LogP contribution in [0.4, 0.5) is 15.9 Å². The van der Waals surface area contributed by atoms with Gasteiger partial charge in [-0.25, -0.2) is 9.37 Å². The molecule has 3 N–H and O–H groups in total. The largest absolute Gasteiger partial charge is 0.497 e. The fraction of sp³-hybridized carbons (Fsp3) is 0.240. The molecule has 2 aromatic carbocycles. The van der Waals surface area contributed by atoms with Gasteiger partial charge >= 0.3 is 0 Å². The van der Waals surface area contributed by atoms with Gasteiger partial charge in [0, 0.05) is 36.0 Å². The summed E-state index contributed by atoms with van der Waals surface area (Å²) in [6.45, 7) is 2.08. The van der Waals surface area contributed by atoms with Gasteiger partial charge in [0.1, 0.15) is 23.5 Å². The summed E-state index contributed by atoms with van der Waals surface area (Å²) >= 11 is 0. The molecule has 166 valence electrons. The van der Waals surface area contributed by atoms with Crippen molar-refractivity contribution in [2.75, 3.05) is 30.8 Å². The highest BCUT2D eigenvalue weighted by Crippen LogP contribution is 2.40. The Hall–Kier alpha value is -4.12. The second kappa shape index (κ2) is 8.43. The molecule has 5 rings (SSSR count). The fourth-order valence-corrected chi connectivity index (χ4v) is 4.48. The second-order valence-corrected chi connectivity index (χ2v) is 8.10. The van der Waals surface area contributed by atoms with Crippen LogP contribution in [0.2, 0.25) is 0 Å². The maximum absolute atomic E-state index is 14.9. The van der Waals surface area contributed by atoms with Gasteiger partial charge in [-0.15, -0.1) is 0 Å². The zero-order valence-electron chi connectivity index (χ0n) is 18.2. The molecular weight excluding hydrogens is 419 g/mol. The summed E-state index contributed by atoms with van der Waals surface area (Å²) in [7, 11) is 1.47. The van der Waals surface area contributed by atoms with Gasteiger partial charge in [-0.1, -0.05) is 12.1 Å². The van der Waals surface area contributed by atoms with Gasteiger partial charge in [0.15, 0.2) is 5.65 Å². The topological polar surface area (TPSA) is 104 Å². The van der Waals surface area contributed by atoms with Gasteiger partial charge in [-0.05, 0) is 49.1 Å². The normalized spacial score (nSPS) is 13.8. The van der Waals surface area contributed by atoms with Gasteiger partial charge in [0.2, 0.25) is 0 Å². The standard InChI is InChI=1S/C25H23FN6O/c1-33-17-9-10-18(20(26)13-17)23-19(14-27)21(22-24(28)30-31-25(22)29-23)15-5-7-16(8-6-15)32-11-3-2-4-12-32/h5-10,13H,2-4,11-12H2,1H3,(H3,28,29,30,31). The lowest BCUT2D eigenvalue weighted by Crippen LogP contribution is -2.29. The molecule has 7 nitrogen and oxygen atoms in total. The van der Waals surface area contributed by atoms with Crippen molar-refractivity contribution in [3.63, 3.8) is 0 Å². The molecule has 0 aliphatic carbocycles. The summed E-state index contributed by atoms with van der Waals surface area (Å²) in [6, 6.07) is 14.8. The number of aromatic nitrogens is 3. The van der Waals surface area contributed by atoms with E-state index in [9.17, 15) is 9.65 Å². The molecule has 3 heterocycles. The Balaban J connectivity index is 1.70. The number of aromatic amines is 1. The van der Waals surface area contributed by atoms with Crippen LogP contribution in [0.25, 0.3) is 33.4 Å². The highest BCUT2D eigenvalue weighted by atomic mass is 19.1. The molecule has 1 saturated heterocycles. The van der Waals surface area contributed by atoms with E-state index < -0.39 is 5.82 Å². The van der Waals surface area contributed by atoms with E-state index in [0.717, 1.165) is 24.3 Å². The number of nitrogen functional groups attached to an aromatic ring is 1. The van der Waals surface area contributed by atoms with Crippen LogP contribution in [-0.4, -0.2) is 35.4 Å². The lowest BCUT2D eigenvalue weighted by Gasteiger charge is -2.29. The number of rotatable bonds is 4. The predicted molar refractivity (Wildman–Crippen MR) is 126 cm³/mol. The Morgan fingerprint density at radius 3 is 2.55 bits per heavy atom. The third-order valence-electron chi connectivity index (χ3n) is 6.15. The zero-order valence-corrected chi connectivity index (χ0v) is 18.2. The van der Waals surface area contributed by atoms with E-state index in [4.69, 9.17) is 10.5 Å². The third-order valence-corrected chi connectivity index (χ3v) is 6.15. The summed E-state index contributed by atoms with van der Waals surface area (Å²) in [5.74, 6) is 0.159. The van der Waals surface area contributed by atoms with E-state index in [1.54, 1.807) is 12.1 Å². The molecule has 1 fully saturated rings. The van der Waals surface area contributed by atoms with Crippen LogP contribution in [-0.2, 0) is 0 Å². The first-order chi connectivity index (χ1) is 16.1. The minimum Gasteiger partial charge on any atom is -0.497 e. The number of fused-ring (bicyclic) bond motifs is 1. The minimum absolute atomic E-state index is 0.196. The molecule has 1 aliphatic rings. The van der Waals surface area contributed by atoms with Crippen LogP contribution in [0.3, 0.4) is 0 Å². The summed E-state index contributed by atoms with van der Waals surface area (Å²) in [4.78, 5) is 6.86. The molecular formula is C25H23FN6O. The molecule has 0 saturated carbocycles. The molecule has 0 bridgehead atoms. The van der Waals surface area contributed by atoms with Crippen molar-refractivity contribution in [3.8, 4) is 34.2 Å². The summed E-state index contributed by atoms with van der Waals surface area (Å²) in [5.41, 5.74) is 9.68. The van der Waals surface area contributed by atoms with Gasteiger partial charge < -0.3 is 15.4 Å². The van der Waals surface area contributed by atoms with Crippen LogP contribution in [0.5, 0.6) is 5.75 Å². The van der Waals surface area contributed by atoms with Gasteiger partial charge in [-0.2, -0.15) is 10.4 Å². The summed E-state index contributed by atoms with van der Waals surface area (Å²) in [6.07, 6.45) is 3.64. The van der Waals surface area contributed by atoms with Crippen molar-refractivity contribution in [2.45, 2.75) is 19.3 Å². The number of hydrogen-bond donors (Lipinski definition) is 2. The molecule has 1 aliphatic heterocycles. The molecule has 33 heavy (non-hydrogen) atoms. The van der Waals surface area contributed by atoms with E-state index in [-0.39, 0.29) is 16.8 Å². The molecule has 0 spiro atoms. The number of piperidine rings is 1. The van der Waals surface area contributed by atoms with Crippen LogP contribution < -0.4 is 15.4 Å². The SMILES string of the molecule is COc1ccc(-c2nc3n[nH]c(N)c3c(-c3ccc(N4CCCCC4)cc3)c2C#N)c(F)c1. The van der Waals surface area contributed by atoms with E-state index in [0.29, 0.717) is 28.2 Å². The van der Waals surface area contributed by atoms with Crippen molar-refractivity contribution in [1.82, 2.24) is 15.2 Å². The zero-order chi connectivity index (χ0) is 22.9. The smallest absolute Gasteiger partial charge is 0.184 e. The van der Waals surface area contributed by atoms with Crippen LogP contribution in [0.1, 0.15) is 24.8 Å². The number of hydrogen-bond acceptors (Lipinski definition) is 6. The van der Waals surface area contributed by atoms with Crippen molar-refractivity contribution in [2.24, 2.45) is 0 Å². The Morgan fingerprint density at radius 1 is 1.12 bits per heavy atom. The molecule has 8 heteroatoms. The lowest BCUT2D eigenvalue weighted by molar-refractivity contribution is 0.411. The number of nitrogens with one attached hydrogen (secondary N) is 1. The monoisotopic (exact) mass is 442 g/mol. The highest BCUT2D eigenvalue weighted by Gasteiger charge is 2.23. The Morgan fingerprint density at radius 2 is 1.88 bits per heavy atom. The Labute approximate surface area is 190 Å². The quantitative estimate of drug-likeness (QED) is 0.467. The molecule has 4 aromatic rings. The maximum atomic E-state index is 14.9. The number of halogens is 1. The first kappa shape index (κ1) is 20.8. The lowest BCUT2D eigenvalue weighted by atomic mass is 9.93. The first-order valence-corrected chi connectivity index (χ1v) is 10.9. The first-order valence-electron chi connectivity index (χ1n) is 10.9. The number of nitrogens with two attached hydrogens (primary N) is 1. The molecule has 2 aromatic heterocycles. The van der Waals surface area contributed by atoms with Gasteiger partial charge in [0.25, 0.3) is 0 Å². The Kier molecular flexibility index (Phi) is 5.31. The predicted octanol–water partition coefficient (Wildman–Crippen LogP) is 4.88. The number of nitriles is 1. The number of H-pyrrole nitrogens is 1. The molecule has 0 atom stereocenters. The number of anilines is 2. The third kappa shape index (κ3) is 3.61. The Bertz CT molecular complexity index is 1370. The molecule has 0 unspecified atom stereocenters. The van der Waals surface area contributed by atoms with Gasteiger partial charge in [0.05, 0.1) is 23.8 Å². The summed E-state index contributed by atoms with van der Waals surface area (Å²) < 4.78 is 20.1. The van der Waals surface area contributed by atoms with E-state index in [1.165, 1.54) is 32.4 Å². The van der Waals surface area contributed by atoms with E-state index in [2.05, 4.69) is 38.3 Å². The number of pyridine rings is 1. The number of nitrogens with zero attached hydrogens (tertiary/aromatic N) is 4. The molecule has 0 radical (unpaired) electrons. The van der Waals surface area contributed by atoms with Crippen molar-refractivity contribution in [3.05, 3.63) is 53.8 Å². The maximum Gasteiger partial charge on any atom is 0.184 e. The van der Waals surface area contributed by atoms with Crippen molar-refractivity contribution in [1.29, 1.82) is 5.26 Å². The van der Waals surface area contributed by atoms with E-state index in [1.807, 2.05) is 12.1 Å². The highest BCUT2D eigenvalue weighted by molar-refractivity contribution is 6.04. The van der Waals surface area contributed by atoms with Crippen molar-refractivity contribution >= 4 is 22.5 Å². The van der Waals surface area contributed by atoms with Gasteiger partial charge in [-0.3, -0.25) is 5.10 Å². The van der Waals surface area contributed by atoms with Crippen LogP contribution in [0.15, 0.2) is 42.5 Å². The summed E-state index contributed by atoms with van der Waals surface area (Å²) in [5, 5.41) is 17.6. The minimum atomic E-state index is -0.535. The second-order valence-electron chi connectivity index (χ2n) is 8.10. The average molecular weight is 442 g/mol.